The van der Waals surface area contributed by atoms with Crippen LogP contribution in [0.5, 0.6) is 11.5 Å². The minimum atomic E-state index is -1.22. The quantitative estimate of drug-likeness (QED) is 0.103. The molecule has 2 saturated heterocycles. The predicted molar refractivity (Wildman–Crippen MR) is 210 cm³/mol. The van der Waals surface area contributed by atoms with Gasteiger partial charge in [-0.05, 0) is 107 Å². The Bertz CT molecular complexity index is 1420. The molecule has 0 spiro atoms. The lowest BCUT2D eigenvalue weighted by atomic mass is 9.80. The van der Waals surface area contributed by atoms with Crippen LogP contribution in [-0.4, -0.2) is 125 Å². The Kier molecular flexibility index (Phi) is 18.5. The lowest BCUT2D eigenvalue weighted by molar-refractivity contribution is -0.130. The highest BCUT2D eigenvalue weighted by Gasteiger charge is 2.48. The summed E-state index contributed by atoms with van der Waals surface area (Å²) in [5, 5.41) is 13.6. The van der Waals surface area contributed by atoms with E-state index in [2.05, 4.69) is 31.1 Å². The Labute approximate surface area is 333 Å². The number of carbonyl (C=O) groups is 4. The molecule has 2 heterocycles. The number of carbonyl (C=O) groups excluding carboxylic acids is 3. The van der Waals surface area contributed by atoms with E-state index in [-0.39, 0.29) is 55.8 Å². The number of amides is 3. The van der Waals surface area contributed by atoms with Gasteiger partial charge in [0.2, 0.25) is 11.8 Å². The standard InChI is InChI=1S/C41H68N4O11/c1-26(2)30(19-29-11-12-33(52-9)35(20-29)53-18-10-17-51-8)21-32-34(22-31(27(3)4)37(46)43-25-41(5,6)38(42)47)56-36(45(32)39(48)49)24-55-40(50)54-23-28-13-15-44(7)16-14-28/h11-12,20,26-28,30-32,34,36H,10,13-19,21-25H2,1-9H3,(H2,42,47)(H,43,46)(H,48,49)/t30-,31-,32-,34-,36?/m0/s1. The van der Waals surface area contributed by atoms with Gasteiger partial charge >= 0.3 is 12.2 Å². The van der Waals surface area contributed by atoms with Gasteiger partial charge in [0.05, 0.1) is 37.9 Å². The number of nitrogens with two attached hydrogens (primary N) is 1. The van der Waals surface area contributed by atoms with E-state index in [1.807, 2.05) is 32.0 Å². The molecule has 2 fully saturated rings. The molecular weight excluding hydrogens is 724 g/mol. The van der Waals surface area contributed by atoms with Crippen molar-refractivity contribution in [3.63, 3.8) is 0 Å². The number of benzene rings is 1. The second kappa shape index (κ2) is 22.2. The number of primary amides is 1. The molecule has 3 rings (SSSR count). The lowest BCUT2D eigenvalue weighted by Gasteiger charge is -2.33. The number of hydrogen-bond acceptors (Lipinski definition) is 11. The normalized spacial score (nSPS) is 20.5. The van der Waals surface area contributed by atoms with Crippen molar-refractivity contribution in [3.05, 3.63) is 23.8 Å². The first-order valence-electron chi connectivity index (χ1n) is 20.0. The number of carboxylic acid groups (broad SMARTS) is 1. The number of nitrogens with one attached hydrogen (secondary N) is 1. The molecule has 4 N–H and O–H groups in total. The van der Waals surface area contributed by atoms with E-state index in [0.717, 1.165) is 31.5 Å². The summed E-state index contributed by atoms with van der Waals surface area (Å²) < 4.78 is 34.1. The molecule has 0 bridgehead atoms. The summed E-state index contributed by atoms with van der Waals surface area (Å²) in [7, 11) is 5.29. The maximum Gasteiger partial charge on any atom is 0.508 e. The van der Waals surface area contributed by atoms with Gasteiger partial charge in [0.25, 0.3) is 0 Å². The minimum absolute atomic E-state index is 0.0236. The first kappa shape index (κ1) is 46.6. The van der Waals surface area contributed by atoms with Crippen LogP contribution in [0.4, 0.5) is 9.59 Å². The summed E-state index contributed by atoms with van der Waals surface area (Å²) in [5.74, 6) is 0.00204. The van der Waals surface area contributed by atoms with E-state index in [1.54, 1.807) is 28.1 Å². The maximum absolute atomic E-state index is 13.7. The van der Waals surface area contributed by atoms with E-state index < -0.39 is 47.9 Å². The molecule has 1 unspecified atom stereocenters. The fourth-order valence-electron chi connectivity index (χ4n) is 7.22. The summed E-state index contributed by atoms with van der Waals surface area (Å²) >= 11 is 0. The molecule has 15 heteroatoms. The molecule has 0 aliphatic carbocycles. The van der Waals surface area contributed by atoms with Gasteiger partial charge in [-0.25, -0.2) is 9.59 Å². The number of methoxy groups -OCH3 is 2. The first-order chi connectivity index (χ1) is 26.5. The van der Waals surface area contributed by atoms with Crippen LogP contribution >= 0.6 is 0 Å². The Morgan fingerprint density at radius 3 is 2.25 bits per heavy atom. The highest BCUT2D eigenvalue weighted by atomic mass is 16.7. The summed E-state index contributed by atoms with van der Waals surface area (Å²) in [6.07, 6.45) is -0.203. The fourth-order valence-corrected chi connectivity index (χ4v) is 7.22. The number of rotatable bonds is 22. The van der Waals surface area contributed by atoms with Crippen LogP contribution in [0.2, 0.25) is 0 Å². The highest BCUT2D eigenvalue weighted by Crippen LogP contribution is 2.38. The molecule has 3 amide bonds. The van der Waals surface area contributed by atoms with Gasteiger partial charge < -0.3 is 49.5 Å². The zero-order valence-electron chi connectivity index (χ0n) is 35.0. The third kappa shape index (κ3) is 14.0. The molecule has 56 heavy (non-hydrogen) atoms. The van der Waals surface area contributed by atoms with Gasteiger partial charge in [0.1, 0.15) is 6.61 Å². The largest absolute Gasteiger partial charge is 0.508 e. The van der Waals surface area contributed by atoms with E-state index >= 15 is 0 Å². The van der Waals surface area contributed by atoms with Crippen molar-refractivity contribution < 1.29 is 52.7 Å². The zero-order chi connectivity index (χ0) is 41.6. The van der Waals surface area contributed by atoms with E-state index in [9.17, 15) is 24.3 Å². The van der Waals surface area contributed by atoms with Crippen LogP contribution in [0.1, 0.15) is 79.2 Å². The van der Waals surface area contributed by atoms with Crippen LogP contribution in [0.15, 0.2) is 18.2 Å². The first-order valence-corrected chi connectivity index (χ1v) is 20.0. The third-order valence-electron chi connectivity index (χ3n) is 11.2. The highest BCUT2D eigenvalue weighted by molar-refractivity contribution is 5.83. The topological polar surface area (TPSA) is 188 Å². The molecule has 0 aromatic heterocycles. The SMILES string of the molecule is COCCCOc1cc(C[C@@H](C[C@H]2[C@H](C[C@H](C(=O)NCC(C)(C)C(N)=O)C(C)C)OC(COC(=O)OCC3CCN(C)CC3)N2C(=O)O)C(C)C)ccc1OC. The monoisotopic (exact) mass is 792 g/mol. The van der Waals surface area contributed by atoms with Gasteiger partial charge in [0.15, 0.2) is 17.7 Å². The van der Waals surface area contributed by atoms with Gasteiger partial charge in [0, 0.05) is 32.6 Å². The number of hydrogen-bond donors (Lipinski definition) is 3. The number of likely N-dealkylation sites (tertiary alicyclic amines) is 1. The van der Waals surface area contributed by atoms with E-state index in [4.69, 9.17) is 34.2 Å². The zero-order valence-corrected chi connectivity index (χ0v) is 35.0. The number of nitrogens with zero attached hydrogens (tertiary/aromatic N) is 2. The molecule has 318 valence electrons. The fraction of sp³-hybridized carbons (Fsp3) is 0.756. The van der Waals surface area contributed by atoms with Crippen LogP contribution in [0, 0.1) is 35.0 Å². The molecule has 0 radical (unpaired) electrons. The van der Waals surface area contributed by atoms with Gasteiger partial charge in [-0.3, -0.25) is 14.5 Å². The second-order valence-corrected chi connectivity index (χ2v) is 16.7. The van der Waals surface area contributed by atoms with Crippen LogP contribution in [0.25, 0.3) is 0 Å². The minimum Gasteiger partial charge on any atom is -0.493 e. The second-order valence-electron chi connectivity index (χ2n) is 16.7. The summed E-state index contributed by atoms with van der Waals surface area (Å²) in [5.41, 5.74) is 5.59. The number of piperidine rings is 1. The Balaban J connectivity index is 1.87. The molecule has 1 aromatic rings. The summed E-state index contributed by atoms with van der Waals surface area (Å²) in [6, 6.07) is 5.13. The van der Waals surface area contributed by atoms with Gasteiger partial charge in [-0.1, -0.05) is 33.8 Å². The van der Waals surface area contributed by atoms with Crippen molar-refractivity contribution in [3.8, 4) is 11.5 Å². The van der Waals surface area contributed by atoms with Crippen molar-refractivity contribution in [1.29, 1.82) is 0 Å². The molecule has 5 atom stereocenters. The van der Waals surface area contributed by atoms with Crippen molar-refractivity contribution in [2.45, 2.75) is 98.4 Å². The molecule has 2 aliphatic heterocycles. The summed E-state index contributed by atoms with van der Waals surface area (Å²) in [6.45, 7) is 14.1. The molecular formula is C41H68N4O11. The van der Waals surface area contributed by atoms with Crippen molar-refractivity contribution in [2.75, 3.05) is 67.3 Å². The average Bonchev–Trinajstić information content (AvgIpc) is 3.49. The third-order valence-corrected chi connectivity index (χ3v) is 11.2. The average molecular weight is 793 g/mol. The molecule has 0 saturated carbocycles. The van der Waals surface area contributed by atoms with Gasteiger partial charge in [-0.15, -0.1) is 0 Å². The summed E-state index contributed by atoms with van der Waals surface area (Å²) in [4.78, 5) is 55.0. The lowest BCUT2D eigenvalue weighted by Crippen LogP contribution is -2.47. The van der Waals surface area contributed by atoms with Crippen molar-refractivity contribution in [1.82, 2.24) is 15.1 Å². The van der Waals surface area contributed by atoms with Crippen molar-refractivity contribution in [2.24, 2.45) is 40.7 Å². The van der Waals surface area contributed by atoms with Crippen molar-refractivity contribution >= 4 is 24.1 Å². The smallest absolute Gasteiger partial charge is 0.493 e. The van der Waals surface area contributed by atoms with Crippen LogP contribution in [0.3, 0.4) is 0 Å². The van der Waals surface area contributed by atoms with Gasteiger partial charge in [-0.2, -0.15) is 0 Å². The molecule has 1 aromatic carbocycles. The molecule has 2 aliphatic rings. The van der Waals surface area contributed by atoms with Crippen LogP contribution in [-0.2, 0) is 35.0 Å². The molecule has 15 nitrogen and oxygen atoms in total. The Morgan fingerprint density at radius 1 is 0.982 bits per heavy atom. The maximum atomic E-state index is 13.7. The van der Waals surface area contributed by atoms with E-state index in [1.165, 1.54) is 4.90 Å². The Morgan fingerprint density at radius 2 is 1.66 bits per heavy atom. The van der Waals surface area contributed by atoms with E-state index in [0.29, 0.717) is 44.0 Å². The predicted octanol–water partition coefficient (Wildman–Crippen LogP) is 5.17. The van der Waals surface area contributed by atoms with Crippen LogP contribution < -0.4 is 20.5 Å². The number of ether oxygens (including phenoxy) is 6. The Hall–Kier alpha value is -3.82.